The van der Waals surface area contributed by atoms with Crippen molar-refractivity contribution >= 4 is 22.8 Å². The minimum atomic E-state index is -0.272. The third-order valence-corrected chi connectivity index (χ3v) is 5.04. The number of hydrogen-bond donors (Lipinski definition) is 0. The Hall–Kier alpha value is -3.20. The molecule has 0 saturated heterocycles. The summed E-state index contributed by atoms with van der Waals surface area (Å²) < 4.78 is 5.55. The number of hydrogen-bond acceptors (Lipinski definition) is 3. The molecule has 0 unspecified atom stereocenters. The third-order valence-electron chi connectivity index (χ3n) is 5.04. The minimum Gasteiger partial charge on any atom is -0.465 e. The molecule has 1 aromatic heterocycles. The molecule has 1 heterocycles. The molecule has 3 aromatic rings. The van der Waals surface area contributed by atoms with E-state index in [4.69, 9.17) is 9.41 Å². The van der Waals surface area contributed by atoms with Gasteiger partial charge in [-0.15, -0.1) is 0 Å². The number of carbonyl (C=O) groups excluding carboxylic acids is 1. The minimum absolute atomic E-state index is 0.0382. The van der Waals surface area contributed by atoms with E-state index in [1.54, 1.807) is 12.3 Å². The van der Waals surface area contributed by atoms with Crippen LogP contribution in [0.3, 0.4) is 0 Å². The van der Waals surface area contributed by atoms with Crippen molar-refractivity contribution in [3.63, 3.8) is 0 Å². The highest BCUT2D eigenvalue weighted by molar-refractivity contribution is 6.13. The maximum Gasteiger partial charge on any atom is 0.165 e. The fourth-order valence-electron chi connectivity index (χ4n) is 3.79. The summed E-state index contributed by atoms with van der Waals surface area (Å²) in [5.41, 5.74) is 3.81. The zero-order valence-corrected chi connectivity index (χ0v) is 15.2. The van der Waals surface area contributed by atoms with Crippen LogP contribution in [-0.2, 0) is 4.79 Å². The first-order valence-corrected chi connectivity index (χ1v) is 9.16. The zero-order chi connectivity index (χ0) is 18.6. The van der Waals surface area contributed by atoms with Gasteiger partial charge in [-0.3, -0.25) is 9.79 Å². The average Bonchev–Trinajstić information content (AvgIpc) is 3.23. The molecule has 0 saturated carbocycles. The molecule has 0 amide bonds. The van der Waals surface area contributed by atoms with Gasteiger partial charge in [-0.2, -0.15) is 0 Å². The Morgan fingerprint density at radius 2 is 1.67 bits per heavy atom. The maximum absolute atomic E-state index is 13.1. The van der Waals surface area contributed by atoms with Gasteiger partial charge in [0.05, 0.1) is 17.9 Å². The fraction of sp³-hybridized carbons (Fsp3) is 0.167. The van der Waals surface area contributed by atoms with Crippen LogP contribution in [0.2, 0.25) is 0 Å². The van der Waals surface area contributed by atoms with E-state index in [-0.39, 0.29) is 17.6 Å². The Labute approximate surface area is 159 Å². The molecule has 0 bridgehead atoms. The number of nitrogens with zero attached hydrogens (tertiary/aromatic N) is 1. The molecule has 0 spiro atoms. The van der Waals surface area contributed by atoms with Crippen LogP contribution in [0.4, 0.5) is 5.69 Å². The summed E-state index contributed by atoms with van der Waals surface area (Å²) in [4.78, 5) is 17.9. The molecule has 2 atom stereocenters. The second-order valence-electron chi connectivity index (χ2n) is 6.84. The first-order chi connectivity index (χ1) is 13.2. The molecule has 134 valence electrons. The Kier molecular flexibility index (Phi) is 4.84. The van der Waals surface area contributed by atoms with E-state index in [9.17, 15) is 4.79 Å². The maximum atomic E-state index is 13.1. The molecule has 4 rings (SSSR count). The van der Waals surface area contributed by atoms with Crippen LogP contribution in [0.15, 0.2) is 94.5 Å². The Balaban J connectivity index is 1.75. The second-order valence-corrected chi connectivity index (χ2v) is 6.84. The Bertz CT molecular complexity index is 970. The van der Waals surface area contributed by atoms with Crippen molar-refractivity contribution in [3.8, 4) is 0 Å². The molecule has 0 aliphatic heterocycles. The van der Waals surface area contributed by atoms with Crippen LogP contribution < -0.4 is 0 Å². The topological polar surface area (TPSA) is 42.6 Å². The van der Waals surface area contributed by atoms with Gasteiger partial charge in [0.25, 0.3) is 0 Å². The lowest BCUT2D eigenvalue weighted by Gasteiger charge is -2.30. The van der Waals surface area contributed by atoms with Gasteiger partial charge in [0.2, 0.25) is 0 Å². The van der Waals surface area contributed by atoms with Crippen LogP contribution in [0.25, 0.3) is 5.57 Å². The summed E-state index contributed by atoms with van der Waals surface area (Å²) in [5.74, 6) is 0.613. The fourth-order valence-corrected chi connectivity index (χ4v) is 3.79. The molecule has 0 N–H and O–H groups in total. The van der Waals surface area contributed by atoms with E-state index < -0.39 is 0 Å². The van der Waals surface area contributed by atoms with Crippen molar-refractivity contribution in [1.29, 1.82) is 0 Å². The summed E-state index contributed by atoms with van der Waals surface area (Å²) >= 11 is 0. The summed E-state index contributed by atoms with van der Waals surface area (Å²) in [7, 11) is 0. The first kappa shape index (κ1) is 17.2. The molecular weight excluding hydrogens is 334 g/mol. The number of para-hydroxylation sites is 1. The van der Waals surface area contributed by atoms with Crippen LogP contribution >= 0.6 is 0 Å². The SMILES string of the molecule is CC(=Nc1ccccc1)[C@@H]1C(=O)C=C(c2ccco2)C[C@H]1c1ccccc1. The third kappa shape index (κ3) is 3.68. The highest BCUT2D eigenvalue weighted by Gasteiger charge is 2.36. The van der Waals surface area contributed by atoms with Crippen molar-refractivity contribution in [2.45, 2.75) is 19.3 Å². The highest BCUT2D eigenvalue weighted by Crippen LogP contribution is 2.40. The molecule has 1 aliphatic carbocycles. The van der Waals surface area contributed by atoms with E-state index in [0.717, 1.165) is 34.7 Å². The predicted molar refractivity (Wildman–Crippen MR) is 108 cm³/mol. The summed E-state index contributed by atoms with van der Waals surface area (Å²) in [5, 5.41) is 0. The standard InChI is InChI=1S/C24H21NO2/c1-17(25-20-11-6-3-7-12-20)24-21(18-9-4-2-5-10-18)15-19(16-22(24)26)23-13-8-14-27-23/h2-14,16,21,24H,15H2,1H3/t21-,24-/m0/s1. The van der Waals surface area contributed by atoms with Crippen LogP contribution in [-0.4, -0.2) is 11.5 Å². The van der Waals surface area contributed by atoms with E-state index in [2.05, 4.69) is 12.1 Å². The summed E-state index contributed by atoms with van der Waals surface area (Å²) in [6.45, 7) is 1.96. The predicted octanol–water partition coefficient (Wildman–Crippen LogP) is 5.83. The number of benzene rings is 2. The van der Waals surface area contributed by atoms with E-state index in [1.165, 1.54) is 0 Å². The van der Waals surface area contributed by atoms with Gasteiger partial charge < -0.3 is 4.42 Å². The van der Waals surface area contributed by atoms with Gasteiger partial charge in [0.1, 0.15) is 5.76 Å². The normalized spacial score (nSPS) is 20.4. The van der Waals surface area contributed by atoms with E-state index in [0.29, 0.717) is 0 Å². The lowest BCUT2D eigenvalue weighted by molar-refractivity contribution is -0.117. The van der Waals surface area contributed by atoms with Gasteiger partial charge in [-0.1, -0.05) is 48.5 Å². The lowest BCUT2D eigenvalue weighted by Crippen LogP contribution is -2.31. The number of allylic oxidation sites excluding steroid dienone is 2. The molecular formula is C24H21NO2. The van der Waals surface area contributed by atoms with Crippen molar-refractivity contribution in [3.05, 3.63) is 96.5 Å². The highest BCUT2D eigenvalue weighted by atomic mass is 16.3. The Morgan fingerprint density at radius 3 is 2.33 bits per heavy atom. The Morgan fingerprint density at radius 1 is 0.963 bits per heavy atom. The van der Waals surface area contributed by atoms with E-state index in [1.807, 2.05) is 67.6 Å². The van der Waals surface area contributed by atoms with Crippen molar-refractivity contribution in [2.24, 2.45) is 10.9 Å². The monoisotopic (exact) mass is 355 g/mol. The number of ketones is 1. The van der Waals surface area contributed by atoms with Crippen molar-refractivity contribution in [1.82, 2.24) is 0 Å². The van der Waals surface area contributed by atoms with Crippen molar-refractivity contribution < 1.29 is 9.21 Å². The van der Waals surface area contributed by atoms with Gasteiger partial charge >= 0.3 is 0 Å². The molecule has 1 aliphatic rings. The summed E-state index contributed by atoms with van der Waals surface area (Å²) in [6, 6.07) is 23.8. The lowest BCUT2D eigenvalue weighted by atomic mass is 9.72. The average molecular weight is 355 g/mol. The summed E-state index contributed by atoms with van der Waals surface area (Å²) in [6.07, 6.45) is 4.12. The van der Waals surface area contributed by atoms with Crippen LogP contribution in [0, 0.1) is 5.92 Å². The smallest absolute Gasteiger partial charge is 0.165 e. The molecule has 27 heavy (non-hydrogen) atoms. The number of furan rings is 1. The van der Waals surface area contributed by atoms with Crippen LogP contribution in [0.1, 0.15) is 30.6 Å². The number of carbonyl (C=O) groups is 1. The molecule has 2 aromatic carbocycles. The van der Waals surface area contributed by atoms with Gasteiger partial charge in [-0.05, 0) is 54.8 Å². The molecule has 3 heteroatoms. The largest absolute Gasteiger partial charge is 0.465 e. The van der Waals surface area contributed by atoms with Crippen molar-refractivity contribution in [2.75, 3.05) is 0 Å². The van der Waals surface area contributed by atoms with Gasteiger partial charge in [0.15, 0.2) is 5.78 Å². The quantitative estimate of drug-likeness (QED) is 0.553. The van der Waals surface area contributed by atoms with Gasteiger partial charge in [0, 0.05) is 11.6 Å². The molecule has 0 fully saturated rings. The molecule has 0 radical (unpaired) electrons. The van der Waals surface area contributed by atoms with E-state index >= 15 is 0 Å². The zero-order valence-electron chi connectivity index (χ0n) is 15.2. The van der Waals surface area contributed by atoms with Gasteiger partial charge in [-0.25, -0.2) is 0 Å². The molecule has 3 nitrogen and oxygen atoms in total. The first-order valence-electron chi connectivity index (χ1n) is 9.16. The van der Waals surface area contributed by atoms with Crippen LogP contribution in [0.5, 0.6) is 0 Å². The second kappa shape index (κ2) is 7.58. The number of rotatable bonds is 4. The number of aliphatic imine (C=N–C) groups is 1.